The topological polar surface area (TPSA) is 59.2 Å². The van der Waals surface area contributed by atoms with Gasteiger partial charge in [0.2, 0.25) is 0 Å². The van der Waals surface area contributed by atoms with Crippen molar-refractivity contribution < 1.29 is 4.79 Å². The molecule has 1 fully saturated rings. The maximum atomic E-state index is 12.4. The van der Waals surface area contributed by atoms with Crippen LogP contribution in [0.25, 0.3) is 0 Å². The number of nitrogens with zero attached hydrogens (tertiary/aromatic N) is 2. The Hall–Kier alpha value is -0.940. The number of carbonyl (C=O) groups excluding carboxylic acids is 1. The van der Waals surface area contributed by atoms with Gasteiger partial charge in [0.25, 0.3) is 5.91 Å². The SMILES string of the molecule is CCN(C(=O)c1csc(CCN)n1)C1CCCC1. The number of hydrogen-bond acceptors (Lipinski definition) is 4. The summed E-state index contributed by atoms with van der Waals surface area (Å²) in [6.45, 7) is 3.40. The minimum Gasteiger partial charge on any atom is -0.335 e. The molecule has 0 aliphatic heterocycles. The summed E-state index contributed by atoms with van der Waals surface area (Å²) in [6, 6.07) is 0.419. The lowest BCUT2D eigenvalue weighted by Crippen LogP contribution is -2.38. The number of rotatable bonds is 5. The molecule has 100 valence electrons. The first-order valence-electron chi connectivity index (χ1n) is 6.71. The van der Waals surface area contributed by atoms with E-state index in [4.69, 9.17) is 5.73 Å². The molecular weight excluding hydrogens is 246 g/mol. The van der Waals surface area contributed by atoms with Crippen molar-refractivity contribution in [3.8, 4) is 0 Å². The van der Waals surface area contributed by atoms with Crippen molar-refractivity contribution in [1.82, 2.24) is 9.88 Å². The maximum Gasteiger partial charge on any atom is 0.273 e. The maximum absolute atomic E-state index is 12.4. The normalized spacial score (nSPS) is 16.1. The highest BCUT2D eigenvalue weighted by Crippen LogP contribution is 2.25. The second-order valence-corrected chi connectivity index (χ2v) is 5.64. The molecule has 2 N–H and O–H groups in total. The van der Waals surface area contributed by atoms with Crippen LogP contribution >= 0.6 is 11.3 Å². The molecule has 1 heterocycles. The Morgan fingerprint density at radius 3 is 2.89 bits per heavy atom. The van der Waals surface area contributed by atoms with Crippen LogP contribution in [0, 0.1) is 0 Å². The van der Waals surface area contributed by atoms with Gasteiger partial charge in [-0.15, -0.1) is 11.3 Å². The first-order valence-corrected chi connectivity index (χ1v) is 7.59. The molecule has 0 saturated heterocycles. The smallest absolute Gasteiger partial charge is 0.273 e. The Labute approximate surface area is 112 Å². The van der Waals surface area contributed by atoms with Crippen LogP contribution in [-0.4, -0.2) is 34.9 Å². The molecule has 0 spiro atoms. The number of hydrogen-bond donors (Lipinski definition) is 1. The largest absolute Gasteiger partial charge is 0.335 e. The molecule has 1 amide bonds. The minimum absolute atomic E-state index is 0.0870. The lowest BCUT2D eigenvalue weighted by molar-refractivity contribution is 0.0688. The Kier molecular flexibility index (Phi) is 4.72. The molecule has 2 rings (SSSR count). The van der Waals surface area contributed by atoms with Gasteiger partial charge >= 0.3 is 0 Å². The third-order valence-electron chi connectivity index (χ3n) is 3.50. The third-order valence-corrected chi connectivity index (χ3v) is 4.40. The van der Waals surface area contributed by atoms with E-state index in [0.717, 1.165) is 30.8 Å². The standard InChI is InChI=1S/C13H21N3OS/c1-2-16(10-5-3-4-6-10)13(17)11-9-18-12(15-11)7-8-14/h9-10H,2-8,14H2,1H3. The Bertz CT molecular complexity index is 399. The van der Waals surface area contributed by atoms with E-state index in [1.807, 2.05) is 17.2 Å². The van der Waals surface area contributed by atoms with E-state index in [9.17, 15) is 4.79 Å². The molecule has 18 heavy (non-hydrogen) atoms. The van der Waals surface area contributed by atoms with E-state index in [-0.39, 0.29) is 5.91 Å². The minimum atomic E-state index is 0.0870. The van der Waals surface area contributed by atoms with Gasteiger partial charge in [0.05, 0.1) is 5.01 Å². The molecule has 4 nitrogen and oxygen atoms in total. The molecular formula is C13H21N3OS. The molecule has 0 bridgehead atoms. The van der Waals surface area contributed by atoms with Crippen LogP contribution in [0.1, 0.15) is 48.1 Å². The number of amides is 1. The number of thiazole rings is 1. The van der Waals surface area contributed by atoms with E-state index in [0.29, 0.717) is 18.3 Å². The monoisotopic (exact) mass is 267 g/mol. The highest BCUT2D eigenvalue weighted by atomic mass is 32.1. The summed E-state index contributed by atoms with van der Waals surface area (Å²) in [5, 5.41) is 2.83. The van der Waals surface area contributed by atoms with Gasteiger partial charge in [-0.1, -0.05) is 12.8 Å². The van der Waals surface area contributed by atoms with Crippen LogP contribution in [0.4, 0.5) is 0 Å². The summed E-state index contributed by atoms with van der Waals surface area (Å²) < 4.78 is 0. The predicted octanol–water partition coefficient (Wildman–Crippen LogP) is 2.05. The lowest BCUT2D eigenvalue weighted by atomic mass is 10.2. The first kappa shape index (κ1) is 13.5. The molecule has 0 unspecified atom stereocenters. The van der Waals surface area contributed by atoms with E-state index in [1.165, 1.54) is 24.2 Å². The van der Waals surface area contributed by atoms with Crippen LogP contribution in [0.2, 0.25) is 0 Å². The van der Waals surface area contributed by atoms with E-state index in [1.54, 1.807) is 0 Å². The van der Waals surface area contributed by atoms with Gasteiger partial charge in [0.15, 0.2) is 0 Å². The van der Waals surface area contributed by atoms with Crippen LogP contribution in [0.5, 0.6) is 0 Å². The quantitative estimate of drug-likeness (QED) is 0.888. The molecule has 0 radical (unpaired) electrons. The second-order valence-electron chi connectivity index (χ2n) is 4.69. The lowest BCUT2D eigenvalue weighted by Gasteiger charge is -2.26. The average Bonchev–Trinajstić information content (AvgIpc) is 3.01. The molecule has 1 aliphatic rings. The highest BCUT2D eigenvalue weighted by Gasteiger charge is 2.27. The van der Waals surface area contributed by atoms with Gasteiger partial charge in [-0.3, -0.25) is 4.79 Å². The van der Waals surface area contributed by atoms with Crippen molar-refractivity contribution in [2.45, 2.75) is 45.1 Å². The Morgan fingerprint density at radius 1 is 1.56 bits per heavy atom. The zero-order valence-corrected chi connectivity index (χ0v) is 11.7. The van der Waals surface area contributed by atoms with Crippen LogP contribution < -0.4 is 5.73 Å². The van der Waals surface area contributed by atoms with Gasteiger partial charge in [0.1, 0.15) is 5.69 Å². The summed E-state index contributed by atoms with van der Waals surface area (Å²) in [5.41, 5.74) is 6.10. The average molecular weight is 267 g/mol. The number of carbonyl (C=O) groups is 1. The summed E-state index contributed by atoms with van der Waals surface area (Å²) in [5.74, 6) is 0.0870. The summed E-state index contributed by atoms with van der Waals surface area (Å²) in [6.07, 6.45) is 5.51. The molecule has 5 heteroatoms. The number of nitrogens with two attached hydrogens (primary N) is 1. The zero-order chi connectivity index (χ0) is 13.0. The van der Waals surface area contributed by atoms with Crippen molar-refractivity contribution >= 4 is 17.2 Å². The van der Waals surface area contributed by atoms with Crippen molar-refractivity contribution in [2.75, 3.05) is 13.1 Å². The van der Waals surface area contributed by atoms with Gasteiger partial charge in [-0.25, -0.2) is 4.98 Å². The van der Waals surface area contributed by atoms with Gasteiger partial charge in [-0.2, -0.15) is 0 Å². The van der Waals surface area contributed by atoms with Gasteiger partial charge in [-0.05, 0) is 26.3 Å². The Morgan fingerprint density at radius 2 is 2.28 bits per heavy atom. The first-order chi connectivity index (χ1) is 8.76. The van der Waals surface area contributed by atoms with Crippen molar-refractivity contribution in [1.29, 1.82) is 0 Å². The van der Waals surface area contributed by atoms with Crippen molar-refractivity contribution in [3.63, 3.8) is 0 Å². The van der Waals surface area contributed by atoms with Crippen molar-refractivity contribution in [2.24, 2.45) is 5.73 Å². The van der Waals surface area contributed by atoms with Gasteiger partial charge < -0.3 is 10.6 Å². The van der Waals surface area contributed by atoms with E-state index in [2.05, 4.69) is 4.98 Å². The molecule has 0 aromatic carbocycles. The Balaban J connectivity index is 2.07. The summed E-state index contributed by atoms with van der Waals surface area (Å²) in [7, 11) is 0. The predicted molar refractivity (Wildman–Crippen MR) is 73.8 cm³/mol. The van der Waals surface area contributed by atoms with Crippen LogP contribution in [-0.2, 0) is 6.42 Å². The van der Waals surface area contributed by atoms with Crippen LogP contribution in [0.3, 0.4) is 0 Å². The molecule has 1 aromatic heterocycles. The fraction of sp³-hybridized carbons (Fsp3) is 0.692. The molecule has 1 aromatic rings. The fourth-order valence-electron chi connectivity index (χ4n) is 2.58. The molecule has 1 saturated carbocycles. The van der Waals surface area contributed by atoms with Crippen LogP contribution in [0.15, 0.2) is 5.38 Å². The summed E-state index contributed by atoms with van der Waals surface area (Å²) >= 11 is 1.53. The second kappa shape index (κ2) is 6.29. The van der Waals surface area contributed by atoms with Gasteiger partial charge in [0, 0.05) is 24.4 Å². The van der Waals surface area contributed by atoms with E-state index < -0.39 is 0 Å². The van der Waals surface area contributed by atoms with E-state index >= 15 is 0 Å². The molecule has 1 aliphatic carbocycles. The summed E-state index contributed by atoms with van der Waals surface area (Å²) in [4.78, 5) is 18.8. The molecule has 0 atom stereocenters. The van der Waals surface area contributed by atoms with Crippen molar-refractivity contribution in [3.05, 3.63) is 16.1 Å². The third kappa shape index (κ3) is 2.90. The highest BCUT2D eigenvalue weighted by molar-refractivity contribution is 7.09. The number of aromatic nitrogens is 1. The fourth-order valence-corrected chi connectivity index (χ4v) is 3.37. The zero-order valence-electron chi connectivity index (χ0n) is 10.9.